The molecule has 7 nitrogen and oxygen atoms in total. The number of amides is 1. The summed E-state index contributed by atoms with van der Waals surface area (Å²) in [5.74, 6) is 1.97. The van der Waals surface area contributed by atoms with Gasteiger partial charge in [0.1, 0.15) is 18.8 Å². The van der Waals surface area contributed by atoms with E-state index >= 15 is 0 Å². The van der Waals surface area contributed by atoms with E-state index in [1.807, 2.05) is 24.0 Å². The molecule has 2 aromatic rings. The lowest BCUT2D eigenvalue weighted by Gasteiger charge is -2.30. The Balaban J connectivity index is 1.52. The van der Waals surface area contributed by atoms with Gasteiger partial charge >= 0.3 is 0 Å². The van der Waals surface area contributed by atoms with Crippen molar-refractivity contribution in [2.75, 3.05) is 51.4 Å². The van der Waals surface area contributed by atoms with Crippen molar-refractivity contribution < 1.29 is 14.3 Å². The maximum Gasteiger partial charge on any atom is 0.248 e. The molecule has 1 amide bonds. The fourth-order valence-electron chi connectivity index (χ4n) is 4.83. The average Bonchev–Trinajstić information content (AvgIpc) is 3.31. The molecule has 0 saturated carbocycles. The van der Waals surface area contributed by atoms with Crippen LogP contribution in [0.4, 0.5) is 5.82 Å². The summed E-state index contributed by atoms with van der Waals surface area (Å²) < 4.78 is 10.7. The van der Waals surface area contributed by atoms with Crippen molar-refractivity contribution in [3.63, 3.8) is 0 Å². The molecule has 3 heterocycles. The number of rotatable bonds is 8. The molecule has 0 spiro atoms. The van der Waals surface area contributed by atoms with Crippen LogP contribution in [0.25, 0.3) is 0 Å². The first kappa shape index (κ1) is 20.6. The molecule has 0 unspecified atom stereocenters. The molecule has 1 aromatic carbocycles. The van der Waals surface area contributed by atoms with Gasteiger partial charge in [-0.2, -0.15) is 0 Å². The van der Waals surface area contributed by atoms with Crippen molar-refractivity contribution in [2.24, 2.45) is 11.3 Å². The highest BCUT2D eigenvalue weighted by Gasteiger charge is 2.53. The number of hydrogen-bond donors (Lipinski definition) is 0. The van der Waals surface area contributed by atoms with E-state index in [9.17, 15) is 4.79 Å². The number of ether oxygens (including phenoxy) is 2. The molecule has 7 heteroatoms. The van der Waals surface area contributed by atoms with Gasteiger partial charge in [0.15, 0.2) is 0 Å². The molecule has 160 valence electrons. The number of anilines is 1. The Bertz CT molecular complexity index is 863. The van der Waals surface area contributed by atoms with Crippen LogP contribution in [0, 0.1) is 11.3 Å². The number of likely N-dealkylation sites (tertiary alicyclic amines) is 1. The van der Waals surface area contributed by atoms with Crippen LogP contribution in [0.2, 0.25) is 0 Å². The smallest absolute Gasteiger partial charge is 0.248 e. The second-order valence-electron chi connectivity index (χ2n) is 8.26. The van der Waals surface area contributed by atoms with Crippen LogP contribution in [0.15, 0.2) is 42.7 Å². The zero-order chi connectivity index (χ0) is 21.0. The summed E-state index contributed by atoms with van der Waals surface area (Å²) in [6.07, 6.45) is 3.60. The van der Waals surface area contributed by atoms with Crippen molar-refractivity contribution >= 4 is 11.7 Å². The van der Waals surface area contributed by atoms with Crippen LogP contribution in [0.5, 0.6) is 5.88 Å². The van der Waals surface area contributed by atoms with Crippen LogP contribution >= 0.6 is 0 Å². The highest BCUT2D eigenvalue weighted by atomic mass is 16.5. The Kier molecular flexibility index (Phi) is 6.18. The van der Waals surface area contributed by atoms with Gasteiger partial charge in [-0.15, -0.1) is 0 Å². The SMILES string of the molecule is CCOCC(=O)N1C[C@@H]2CN(c3cc(OC)ncn3)C[C@]2(CCc2ccccc2)C1. The van der Waals surface area contributed by atoms with Gasteiger partial charge in [-0.05, 0) is 25.3 Å². The van der Waals surface area contributed by atoms with Crippen LogP contribution in [0.1, 0.15) is 18.9 Å². The Hall–Kier alpha value is -2.67. The van der Waals surface area contributed by atoms with Gasteiger partial charge in [0.05, 0.1) is 7.11 Å². The van der Waals surface area contributed by atoms with E-state index in [2.05, 4.69) is 39.1 Å². The van der Waals surface area contributed by atoms with E-state index in [1.165, 1.54) is 5.56 Å². The summed E-state index contributed by atoms with van der Waals surface area (Å²) in [7, 11) is 1.62. The summed E-state index contributed by atoms with van der Waals surface area (Å²) in [5, 5.41) is 0. The second kappa shape index (κ2) is 9.00. The minimum absolute atomic E-state index is 0.0515. The molecular formula is C23H30N4O3. The zero-order valence-corrected chi connectivity index (χ0v) is 17.8. The van der Waals surface area contributed by atoms with E-state index in [1.54, 1.807) is 13.4 Å². The Labute approximate surface area is 178 Å². The van der Waals surface area contributed by atoms with Crippen molar-refractivity contribution in [1.29, 1.82) is 0 Å². The van der Waals surface area contributed by atoms with Gasteiger partial charge in [-0.1, -0.05) is 30.3 Å². The van der Waals surface area contributed by atoms with Crippen molar-refractivity contribution in [2.45, 2.75) is 19.8 Å². The van der Waals surface area contributed by atoms with E-state index < -0.39 is 0 Å². The number of aryl methyl sites for hydroxylation is 1. The third kappa shape index (κ3) is 4.26. The summed E-state index contributed by atoms with van der Waals surface area (Å²) >= 11 is 0. The van der Waals surface area contributed by atoms with Gasteiger partial charge in [0, 0.05) is 50.2 Å². The maximum atomic E-state index is 12.6. The lowest BCUT2D eigenvalue weighted by Crippen LogP contribution is -2.38. The third-order valence-electron chi connectivity index (χ3n) is 6.46. The molecule has 0 aliphatic carbocycles. The maximum absolute atomic E-state index is 12.6. The van der Waals surface area contributed by atoms with Crippen LogP contribution in [0.3, 0.4) is 0 Å². The first-order chi connectivity index (χ1) is 14.6. The molecule has 2 aliphatic heterocycles. The molecule has 1 aromatic heterocycles. The molecule has 2 fully saturated rings. The highest BCUT2D eigenvalue weighted by molar-refractivity contribution is 5.78. The summed E-state index contributed by atoms with van der Waals surface area (Å²) in [4.78, 5) is 25.6. The molecular weight excluding hydrogens is 380 g/mol. The summed E-state index contributed by atoms with van der Waals surface area (Å²) in [6.45, 7) is 5.96. The fourth-order valence-corrected chi connectivity index (χ4v) is 4.83. The van der Waals surface area contributed by atoms with Crippen LogP contribution in [-0.4, -0.2) is 67.3 Å². The first-order valence-electron chi connectivity index (χ1n) is 10.6. The predicted molar refractivity (Wildman–Crippen MR) is 115 cm³/mol. The molecule has 0 radical (unpaired) electrons. The number of methoxy groups -OCH3 is 1. The van der Waals surface area contributed by atoms with E-state index in [4.69, 9.17) is 9.47 Å². The van der Waals surface area contributed by atoms with E-state index in [0.717, 1.165) is 44.8 Å². The van der Waals surface area contributed by atoms with Crippen molar-refractivity contribution in [3.05, 3.63) is 48.3 Å². The number of hydrogen-bond acceptors (Lipinski definition) is 6. The lowest BCUT2D eigenvalue weighted by atomic mass is 9.76. The van der Waals surface area contributed by atoms with E-state index in [0.29, 0.717) is 18.4 Å². The van der Waals surface area contributed by atoms with E-state index in [-0.39, 0.29) is 17.9 Å². The minimum Gasteiger partial charge on any atom is -0.481 e. The predicted octanol–water partition coefficient (Wildman–Crippen LogP) is 2.42. The monoisotopic (exact) mass is 410 g/mol. The topological polar surface area (TPSA) is 67.8 Å². The quantitative estimate of drug-likeness (QED) is 0.666. The average molecular weight is 411 g/mol. The van der Waals surface area contributed by atoms with Crippen molar-refractivity contribution in [3.8, 4) is 5.88 Å². The number of aromatic nitrogens is 2. The minimum atomic E-state index is 0.0515. The van der Waals surface area contributed by atoms with Gasteiger partial charge < -0.3 is 19.3 Å². The molecule has 0 N–H and O–H groups in total. The normalized spacial score (nSPS) is 22.9. The Morgan fingerprint density at radius 2 is 2.03 bits per heavy atom. The fraction of sp³-hybridized carbons (Fsp3) is 0.522. The van der Waals surface area contributed by atoms with Crippen LogP contribution < -0.4 is 9.64 Å². The number of benzene rings is 1. The number of nitrogens with zero attached hydrogens (tertiary/aromatic N) is 4. The van der Waals surface area contributed by atoms with Gasteiger partial charge in [0.2, 0.25) is 11.8 Å². The van der Waals surface area contributed by atoms with Crippen molar-refractivity contribution in [1.82, 2.24) is 14.9 Å². The summed E-state index contributed by atoms with van der Waals surface area (Å²) in [6, 6.07) is 12.5. The molecule has 2 atom stereocenters. The second-order valence-corrected chi connectivity index (χ2v) is 8.26. The largest absolute Gasteiger partial charge is 0.481 e. The lowest BCUT2D eigenvalue weighted by molar-refractivity contribution is -0.135. The molecule has 2 aliphatic rings. The molecule has 2 saturated heterocycles. The Morgan fingerprint density at radius 1 is 1.20 bits per heavy atom. The number of fused-ring (bicyclic) bond motifs is 1. The van der Waals surface area contributed by atoms with Gasteiger partial charge in [-0.3, -0.25) is 4.79 Å². The number of carbonyl (C=O) groups is 1. The highest BCUT2D eigenvalue weighted by Crippen LogP contribution is 2.47. The first-order valence-corrected chi connectivity index (χ1v) is 10.6. The van der Waals surface area contributed by atoms with Gasteiger partial charge in [-0.25, -0.2) is 9.97 Å². The number of carbonyl (C=O) groups excluding carboxylic acids is 1. The zero-order valence-electron chi connectivity index (χ0n) is 17.8. The summed E-state index contributed by atoms with van der Waals surface area (Å²) in [5.41, 5.74) is 1.39. The van der Waals surface area contributed by atoms with Crippen LogP contribution in [-0.2, 0) is 16.0 Å². The standard InChI is InChI=1S/C23H30N4O3/c1-3-30-14-22(28)27-13-19-12-26(20-11-21(29-2)25-17-24-20)15-23(19,16-27)10-9-18-7-5-4-6-8-18/h4-8,11,17,19H,3,9-10,12-16H2,1-2H3/t19-,23+/m0/s1. The third-order valence-corrected chi connectivity index (χ3v) is 6.46. The molecule has 4 rings (SSSR count). The molecule has 30 heavy (non-hydrogen) atoms. The molecule has 0 bridgehead atoms. The Morgan fingerprint density at radius 3 is 2.80 bits per heavy atom. The van der Waals surface area contributed by atoms with Gasteiger partial charge in [0.25, 0.3) is 0 Å².